The molecule has 2 saturated heterocycles. The van der Waals surface area contributed by atoms with Crippen molar-refractivity contribution >= 4 is 11.7 Å². The predicted octanol–water partition coefficient (Wildman–Crippen LogP) is 2.32. The highest BCUT2D eigenvalue weighted by molar-refractivity contribution is 5.89. The van der Waals surface area contributed by atoms with Gasteiger partial charge in [-0.15, -0.1) is 0 Å². The molecule has 0 aliphatic carbocycles. The molecular weight excluding hydrogens is 297 g/mol. The van der Waals surface area contributed by atoms with E-state index in [2.05, 4.69) is 10.2 Å². The highest BCUT2D eigenvalue weighted by atomic mass is 19.1. The van der Waals surface area contributed by atoms with Gasteiger partial charge < -0.3 is 15.0 Å². The fraction of sp³-hybridized carbons (Fsp3) is 0.588. The Hall–Kier alpha value is -1.66. The summed E-state index contributed by atoms with van der Waals surface area (Å²) in [7, 11) is 0. The molecule has 2 aliphatic rings. The summed E-state index contributed by atoms with van der Waals surface area (Å²) in [5.74, 6) is 0.267. The van der Waals surface area contributed by atoms with E-state index in [-0.39, 0.29) is 11.8 Å². The van der Waals surface area contributed by atoms with Crippen molar-refractivity contribution in [2.24, 2.45) is 5.92 Å². The number of amides is 2. The zero-order valence-electron chi connectivity index (χ0n) is 13.6. The molecule has 2 heterocycles. The molecule has 1 aromatic carbocycles. The summed E-state index contributed by atoms with van der Waals surface area (Å²) < 4.78 is 18.6. The van der Waals surface area contributed by atoms with Crippen LogP contribution in [0.4, 0.5) is 14.9 Å². The van der Waals surface area contributed by atoms with Crippen LogP contribution in [0.25, 0.3) is 0 Å². The average molecular weight is 321 g/mol. The van der Waals surface area contributed by atoms with Crippen LogP contribution in [-0.4, -0.2) is 61.8 Å². The van der Waals surface area contributed by atoms with Crippen LogP contribution in [0.15, 0.2) is 18.2 Å². The number of aryl methyl sites for hydroxylation is 1. The molecule has 0 aromatic heterocycles. The Kier molecular flexibility index (Phi) is 5.13. The Bertz CT molecular complexity index is 561. The van der Waals surface area contributed by atoms with E-state index in [0.717, 1.165) is 52.4 Å². The molecule has 6 heteroatoms. The summed E-state index contributed by atoms with van der Waals surface area (Å²) in [6, 6.07) is 4.55. The van der Waals surface area contributed by atoms with Gasteiger partial charge in [0.2, 0.25) is 0 Å². The number of hydrogen-bond acceptors (Lipinski definition) is 3. The first-order valence-corrected chi connectivity index (χ1v) is 8.24. The quantitative estimate of drug-likeness (QED) is 0.929. The van der Waals surface area contributed by atoms with E-state index in [0.29, 0.717) is 17.2 Å². The number of nitrogens with one attached hydrogen (secondary N) is 1. The summed E-state index contributed by atoms with van der Waals surface area (Å²) in [5.41, 5.74) is 1.18. The maximum Gasteiger partial charge on any atom is 0.321 e. The van der Waals surface area contributed by atoms with Gasteiger partial charge in [0.25, 0.3) is 0 Å². The molecule has 1 aromatic rings. The number of nitrogens with zero attached hydrogens (tertiary/aromatic N) is 2. The summed E-state index contributed by atoms with van der Waals surface area (Å²) in [6.45, 7) is 7.86. The lowest BCUT2D eigenvalue weighted by atomic mass is 10.1. The molecule has 1 N–H and O–H groups in total. The van der Waals surface area contributed by atoms with E-state index in [4.69, 9.17) is 4.74 Å². The molecule has 1 atom stereocenters. The minimum atomic E-state index is -0.255. The summed E-state index contributed by atoms with van der Waals surface area (Å²) in [4.78, 5) is 16.6. The number of carbonyl (C=O) groups excluding carboxylic acids is 1. The van der Waals surface area contributed by atoms with Crippen LogP contribution in [0.2, 0.25) is 0 Å². The van der Waals surface area contributed by atoms with Crippen LogP contribution in [0, 0.1) is 18.7 Å². The second-order valence-corrected chi connectivity index (χ2v) is 6.41. The molecule has 3 rings (SSSR count). The second-order valence-electron chi connectivity index (χ2n) is 6.41. The van der Waals surface area contributed by atoms with Crippen LogP contribution in [0.5, 0.6) is 0 Å². The fourth-order valence-electron chi connectivity index (χ4n) is 3.24. The number of ether oxygens (including phenoxy) is 1. The number of benzene rings is 1. The molecule has 0 spiro atoms. The smallest absolute Gasteiger partial charge is 0.321 e. The molecule has 0 unspecified atom stereocenters. The number of anilines is 1. The maximum absolute atomic E-state index is 13.3. The van der Waals surface area contributed by atoms with Crippen LogP contribution >= 0.6 is 0 Å². The van der Waals surface area contributed by atoms with Crippen molar-refractivity contribution in [3.05, 3.63) is 29.6 Å². The zero-order chi connectivity index (χ0) is 16.2. The third kappa shape index (κ3) is 4.20. The van der Waals surface area contributed by atoms with Crippen LogP contribution in [0.1, 0.15) is 12.0 Å². The minimum Gasteiger partial charge on any atom is -0.379 e. The van der Waals surface area contributed by atoms with Gasteiger partial charge in [-0.3, -0.25) is 4.90 Å². The first-order valence-electron chi connectivity index (χ1n) is 8.24. The molecule has 2 amide bonds. The summed E-state index contributed by atoms with van der Waals surface area (Å²) >= 11 is 0. The van der Waals surface area contributed by atoms with Crippen molar-refractivity contribution < 1.29 is 13.9 Å². The van der Waals surface area contributed by atoms with Crippen molar-refractivity contribution in [2.45, 2.75) is 13.3 Å². The van der Waals surface area contributed by atoms with E-state index in [9.17, 15) is 9.18 Å². The van der Waals surface area contributed by atoms with Crippen LogP contribution in [0.3, 0.4) is 0 Å². The lowest BCUT2D eigenvalue weighted by molar-refractivity contribution is 0.0314. The number of morpholine rings is 1. The van der Waals surface area contributed by atoms with Crippen molar-refractivity contribution in [3.8, 4) is 0 Å². The Balaban J connectivity index is 1.49. The van der Waals surface area contributed by atoms with E-state index in [1.165, 1.54) is 6.07 Å². The average Bonchev–Trinajstić information content (AvgIpc) is 3.00. The summed E-state index contributed by atoms with van der Waals surface area (Å²) in [5, 5.41) is 2.86. The number of likely N-dealkylation sites (tertiary alicyclic amines) is 1. The molecule has 0 bridgehead atoms. The predicted molar refractivity (Wildman–Crippen MR) is 87.1 cm³/mol. The first kappa shape index (κ1) is 16.2. The maximum atomic E-state index is 13.3. The second kappa shape index (κ2) is 7.27. The Labute approximate surface area is 136 Å². The highest BCUT2D eigenvalue weighted by Crippen LogP contribution is 2.20. The van der Waals surface area contributed by atoms with Gasteiger partial charge in [-0.1, -0.05) is 0 Å². The highest BCUT2D eigenvalue weighted by Gasteiger charge is 2.28. The van der Waals surface area contributed by atoms with Gasteiger partial charge in [-0.25, -0.2) is 9.18 Å². The van der Waals surface area contributed by atoms with Gasteiger partial charge in [0.1, 0.15) is 5.82 Å². The van der Waals surface area contributed by atoms with Gasteiger partial charge in [0.15, 0.2) is 0 Å². The largest absolute Gasteiger partial charge is 0.379 e. The standard InChI is InChI=1S/C17H24FN3O2/c1-13-10-15(2-3-16(13)18)19-17(22)21-5-4-14(12-21)11-20-6-8-23-9-7-20/h2-3,10,14H,4-9,11-12H2,1H3,(H,19,22)/t14-/m1/s1. The Morgan fingerprint density at radius 1 is 1.35 bits per heavy atom. The molecule has 0 radical (unpaired) electrons. The SMILES string of the molecule is Cc1cc(NC(=O)N2CC[C@H](CN3CCOCC3)C2)ccc1F. The normalized spacial score (nSPS) is 22.3. The van der Waals surface area contributed by atoms with Crippen LogP contribution in [-0.2, 0) is 4.74 Å². The molecule has 0 saturated carbocycles. The number of halogens is 1. The van der Waals surface area contributed by atoms with Crippen LogP contribution < -0.4 is 5.32 Å². The summed E-state index contributed by atoms with van der Waals surface area (Å²) in [6.07, 6.45) is 1.03. The number of hydrogen-bond donors (Lipinski definition) is 1. The first-order chi connectivity index (χ1) is 11.1. The monoisotopic (exact) mass is 321 g/mol. The van der Waals surface area contributed by atoms with E-state index >= 15 is 0 Å². The third-order valence-corrected chi connectivity index (χ3v) is 4.60. The Morgan fingerprint density at radius 3 is 2.87 bits per heavy atom. The van der Waals surface area contributed by atoms with Crippen molar-refractivity contribution in [3.63, 3.8) is 0 Å². The third-order valence-electron chi connectivity index (χ3n) is 4.60. The molecule has 5 nitrogen and oxygen atoms in total. The lowest BCUT2D eigenvalue weighted by Gasteiger charge is -2.29. The van der Waals surface area contributed by atoms with Gasteiger partial charge in [-0.2, -0.15) is 0 Å². The molecular formula is C17H24FN3O2. The molecule has 126 valence electrons. The van der Waals surface area contributed by atoms with Gasteiger partial charge in [0.05, 0.1) is 13.2 Å². The van der Waals surface area contributed by atoms with E-state index in [1.54, 1.807) is 19.1 Å². The lowest BCUT2D eigenvalue weighted by Crippen LogP contribution is -2.40. The molecule has 2 fully saturated rings. The van der Waals surface area contributed by atoms with Gasteiger partial charge in [-0.05, 0) is 43.0 Å². The minimum absolute atomic E-state index is 0.0968. The Morgan fingerprint density at radius 2 is 2.13 bits per heavy atom. The van der Waals surface area contributed by atoms with E-state index in [1.807, 2.05) is 4.90 Å². The van der Waals surface area contributed by atoms with Gasteiger partial charge >= 0.3 is 6.03 Å². The number of rotatable bonds is 3. The van der Waals surface area contributed by atoms with Gasteiger partial charge in [0, 0.05) is 38.4 Å². The topological polar surface area (TPSA) is 44.8 Å². The molecule has 2 aliphatic heterocycles. The molecule has 23 heavy (non-hydrogen) atoms. The van der Waals surface area contributed by atoms with Crippen molar-refractivity contribution in [1.82, 2.24) is 9.80 Å². The number of urea groups is 1. The van der Waals surface area contributed by atoms with Crippen molar-refractivity contribution in [1.29, 1.82) is 0 Å². The number of carbonyl (C=O) groups is 1. The van der Waals surface area contributed by atoms with Crippen molar-refractivity contribution in [2.75, 3.05) is 51.3 Å². The van der Waals surface area contributed by atoms with E-state index < -0.39 is 0 Å². The zero-order valence-corrected chi connectivity index (χ0v) is 13.6. The fourth-order valence-corrected chi connectivity index (χ4v) is 3.24.